The fraction of sp³-hybridized carbons (Fsp3) is 0.857. The zero-order valence-corrected chi connectivity index (χ0v) is 6.51. The Morgan fingerprint density at radius 3 is 2.50 bits per heavy atom. The Bertz CT molecular complexity index is 151. The molecule has 1 unspecified atom stereocenters. The van der Waals surface area contributed by atoms with E-state index in [2.05, 4.69) is 0 Å². The van der Waals surface area contributed by atoms with E-state index in [9.17, 15) is 4.79 Å². The summed E-state index contributed by atoms with van der Waals surface area (Å²) in [5, 5.41) is 0. The van der Waals surface area contributed by atoms with Crippen LogP contribution in [0, 0.1) is 0 Å². The monoisotopic (exact) mass is 144 g/mol. The molecule has 0 aromatic carbocycles. The Labute approximate surface area is 60.3 Å². The molecule has 3 nitrogen and oxygen atoms in total. The minimum absolute atomic E-state index is 0.0740. The van der Waals surface area contributed by atoms with Crippen LogP contribution in [-0.2, 0) is 14.3 Å². The quantitative estimate of drug-likeness (QED) is 0.423. The van der Waals surface area contributed by atoms with Gasteiger partial charge >= 0.3 is 5.97 Å². The molecule has 0 amide bonds. The van der Waals surface area contributed by atoms with Crippen LogP contribution in [-0.4, -0.2) is 24.3 Å². The first-order valence-corrected chi connectivity index (χ1v) is 3.33. The summed E-state index contributed by atoms with van der Waals surface area (Å²) >= 11 is 0. The molecule has 10 heavy (non-hydrogen) atoms. The molecule has 1 heterocycles. The van der Waals surface area contributed by atoms with E-state index in [1.807, 2.05) is 13.8 Å². The van der Waals surface area contributed by atoms with E-state index in [4.69, 9.17) is 9.47 Å². The predicted octanol–water partition coefficient (Wildman–Crippen LogP) is 0.727. The van der Waals surface area contributed by atoms with Crippen molar-refractivity contribution in [1.82, 2.24) is 0 Å². The van der Waals surface area contributed by atoms with Crippen molar-refractivity contribution in [3.8, 4) is 0 Å². The first-order valence-electron chi connectivity index (χ1n) is 3.33. The third-order valence-corrected chi connectivity index (χ3v) is 1.60. The van der Waals surface area contributed by atoms with Crippen LogP contribution >= 0.6 is 0 Å². The predicted molar refractivity (Wildman–Crippen MR) is 35.6 cm³/mol. The summed E-state index contributed by atoms with van der Waals surface area (Å²) < 4.78 is 9.91. The van der Waals surface area contributed by atoms with E-state index in [-0.39, 0.29) is 17.7 Å². The van der Waals surface area contributed by atoms with Gasteiger partial charge < -0.3 is 9.47 Å². The van der Waals surface area contributed by atoms with Crippen molar-refractivity contribution < 1.29 is 14.3 Å². The molecule has 0 bridgehead atoms. The molecule has 1 saturated heterocycles. The second kappa shape index (κ2) is 2.23. The van der Waals surface area contributed by atoms with Crippen molar-refractivity contribution in [2.24, 2.45) is 0 Å². The fourth-order valence-corrected chi connectivity index (χ4v) is 0.760. The van der Waals surface area contributed by atoms with Crippen LogP contribution in [0.5, 0.6) is 0 Å². The Balaban J connectivity index is 2.13. The van der Waals surface area contributed by atoms with Crippen LogP contribution in [0.2, 0.25) is 0 Å². The molecule has 1 rings (SSSR count). The molecule has 58 valence electrons. The second-order valence-corrected chi connectivity index (χ2v) is 3.01. The van der Waals surface area contributed by atoms with Gasteiger partial charge in [0.15, 0.2) is 0 Å². The van der Waals surface area contributed by atoms with E-state index in [0.717, 1.165) is 0 Å². The molecular weight excluding hydrogens is 132 g/mol. The van der Waals surface area contributed by atoms with Crippen molar-refractivity contribution in [3.63, 3.8) is 0 Å². The highest BCUT2D eigenvalue weighted by Gasteiger charge is 2.48. The van der Waals surface area contributed by atoms with Gasteiger partial charge in [0.05, 0.1) is 5.60 Å². The van der Waals surface area contributed by atoms with Crippen LogP contribution < -0.4 is 0 Å². The maximum absolute atomic E-state index is 10.3. The summed E-state index contributed by atoms with van der Waals surface area (Å²) in [4.78, 5) is 10.3. The average molecular weight is 144 g/mol. The van der Waals surface area contributed by atoms with Gasteiger partial charge in [-0.15, -0.1) is 0 Å². The van der Waals surface area contributed by atoms with Crippen molar-refractivity contribution in [2.75, 3.05) is 6.61 Å². The number of carbonyl (C=O) groups excluding carboxylic acids is 1. The molecule has 0 aliphatic carbocycles. The van der Waals surface area contributed by atoms with Gasteiger partial charge in [-0.1, -0.05) is 0 Å². The SMILES string of the molecule is CC(=O)OCC1OC1(C)C. The van der Waals surface area contributed by atoms with Crippen LogP contribution in [0.1, 0.15) is 20.8 Å². The van der Waals surface area contributed by atoms with E-state index in [1.54, 1.807) is 0 Å². The first kappa shape index (κ1) is 7.54. The molecule has 1 atom stereocenters. The smallest absolute Gasteiger partial charge is 0.302 e. The molecule has 1 fully saturated rings. The fourth-order valence-electron chi connectivity index (χ4n) is 0.760. The summed E-state index contributed by atoms with van der Waals surface area (Å²) in [6.45, 7) is 5.74. The van der Waals surface area contributed by atoms with Gasteiger partial charge in [-0.25, -0.2) is 0 Å². The normalized spacial score (nSPS) is 27.7. The lowest BCUT2D eigenvalue weighted by molar-refractivity contribution is -0.141. The van der Waals surface area contributed by atoms with Gasteiger partial charge in [0.2, 0.25) is 0 Å². The average Bonchev–Trinajstić information content (AvgIpc) is 2.35. The summed E-state index contributed by atoms with van der Waals surface area (Å²) in [6.07, 6.45) is 0.108. The highest BCUT2D eigenvalue weighted by molar-refractivity contribution is 5.65. The van der Waals surface area contributed by atoms with Crippen LogP contribution in [0.3, 0.4) is 0 Å². The van der Waals surface area contributed by atoms with Crippen molar-refractivity contribution in [3.05, 3.63) is 0 Å². The Morgan fingerprint density at radius 2 is 2.20 bits per heavy atom. The number of hydrogen-bond acceptors (Lipinski definition) is 3. The zero-order valence-electron chi connectivity index (χ0n) is 6.51. The van der Waals surface area contributed by atoms with Gasteiger partial charge in [0.1, 0.15) is 12.7 Å². The van der Waals surface area contributed by atoms with Crippen LogP contribution in [0.15, 0.2) is 0 Å². The molecule has 0 spiro atoms. The highest BCUT2D eigenvalue weighted by Crippen LogP contribution is 2.35. The number of ether oxygens (including phenoxy) is 2. The number of hydrogen-bond donors (Lipinski definition) is 0. The molecule has 0 N–H and O–H groups in total. The van der Waals surface area contributed by atoms with Gasteiger partial charge in [-0.3, -0.25) is 4.79 Å². The Hall–Kier alpha value is -0.570. The molecular formula is C7H12O3. The lowest BCUT2D eigenvalue weighted by Gasteiger charge is -1.97. The lowest BCUT2D eigenvalue weighted by Crippen LogP contribution is -2.12. The third kappa shape index (κ3) is 1.70. The number of epoxide rings is 1. The van der Waals surface area contributed by atoms with Gasteiger partial charge in [-0.05, 0) is 13.8 Å². The topological polar surface area (TPSA) is 38.8 Å². The summed E-state index contributed by atoms with van der Waals surface area (Å²) in [5.41, 5.74) is -0.0740. The Kier molecular flexibility index (Phi) is 1.68. The van der Waals surface area contributed by atoms with Gasteiger partial charge in [0.25, 0.3) is 0 Å². The minimum atomic E-state index is -0.244. The minimum Gasteiger partial charge on any atom is -0.463 e. The molecule has 1 aliphatic rings. The maximum Gasteiger partial charge on any atom is 0.302 e. The van der Waals surface area contributed by atoms with Gasteiger partial charge in [-0.2, -0.15) is 0 Å². The summed E-state index contributed by atoms with van der Waals surface area (Å²) in [6, 6.07) is 0. The van der Waals surface area contributed by atoms with Crippen molar-refractivity contribution >= 4 is 5.97 Å². The first-order chi connectivity index (χ1) is 4.52. The van der Waals surface area contributed by atoms with Crippen molar-refractivity contribution in [1.29, 1.82) is 0 Å². The van der Waals surface area contributed by atoms with Gasteiger partial charge in [0, 0.05) is 6.92 Å². The maximum atomic E-state index is 10.3. The number of esters is 1. The van der Waals surface area contributed by atoms with E-state index >= 15 is 0 Å². The summed E-state index contributed by atoms with van der Waals surface area (Å²) in [5.74, 6) is -0.244. The molecule has 0 saturated carbocycles. The Morgan fingerprint density at radius 1 is 1.70 bits per heavy atom. The van der Waals surface area contributed by atoms with Crippen molar-refractivity contribution in [2.45, 2.75) is 32.5 Å². The summed E-state index contributed by atoms with van der Waals surface area (Å²) in [7, 11) is 0. The third-order valence-electron chi connectivity index (χ3n) is 1.60. The second-order valence-electron chi connectivity index (χ2n) is 3.01. The zero-order chi connectivity index (χ0) is 7.78. The lowest BCUT2D eigenvalue weighted by atomic mass is 10.1. The van der Waals surface area contributed by atoms with E-state index in [1.165, 1.54) is 6.92 Å². The van der Waals surface area contributed by atoms with Crippen LogP contribution in [0.25, 0.3) is 0 Å². The van der Waals surface area contributed by atoms with Crippen LogP contribution in [0.4, 0.5) is 0 Å². The number of carbonyl (C=O) groups is 1. The standard InChI is InChI=1S/C7H12O3/c1-5(8)9-4-6-7(2,3)10-6/h6H,4H2,1-3H3. The largest absolute Gasteiger partial charge is 0.463 e. The van der Waals surface area contributed by atoms with E-state index in [0.29, 0.717) is 6.61 Å². The molecule has 3 heteroatoms. The number of rotatable bonds is 2. The molecule has 0 radical (unpaired) electrons. The molecule has 0 aromatic rings. The molecule has 0 aromatic heterocycles. The van der Waals surface area contributed by atoms with E-state index < -0.39 is 0 Å². The highest BCUT2D eigenvalue weighted by atomic mass is 16.6. The molecule has 1 aliphatic heterocycles.